The smallest absolute Gasteiger partial charge is 0.254 e. The molecule has 6 rings (SSSR count). The summed E-state index contributed by atoms with van der Waals surface area (Å²) in [4.78, 5) is 26.1. The molecule has 5 heteroatoms. The molecule has 3 aromatic carbocycles. The molecule has 164 valence electrons. The van der Waals surface area contributed by atoms with Crippen LogP contribution in [0, 0.1) is 30.6 Å². The van der Waals surface area contributed by atoms with Crippen LogP contribution in [0.1, 0.15) is 23.1 Å². The van der Waals surface area contributed by atoms with E-state index in [1.165, 1.54) is 5.56 Å². The predicted molar refractivity (Wildman–Crippen MR) is 127 cm³/mol. The molecule has 0 aromatic heterocycles. The summed E-state index contributed by atoms with van der Waals surface area (Å²) >= 11 is 0. The zero-order valence-electron chi connectivity index (χ0n) is 18.3. The largest absolute Gasteiger partial charge is 0.488 e. The van der Waals surface area contributed by atoms with Gasteiger partial charge in [-0.25, -0.2) is 0 Å². The number of ether oxygens (including phenoxy) is 1. The predicted octanol–water partition coefficient (Wildman–Crippen LogP) is 4.87. The topological polar surface area (TPSA) is 59.0 Å². The van der Waals surface area contributed by atoms with E-state index in [9.17, 15) is 9.59 Å². The van der Waals surface area contributed by atoms with Gasteiger partial charge in [0.15, 0.2) is 0 Å². The molecule has 33 heavy (non-hydrogen) atoms. The van der Waals surface area contributed by atoms with E-state index in [4.69, 9.17) is 4.74 Å². The first-order valence-corrected chi connectivity index (χ1v) is 11.4. The maximum Gasteiger partial charge on any atom is 0.254 e. The molecule has 1 aliphatic heterocycles. The lowest BCUT2D eigenvalue weighted by atomic mass is 9.85. The van der Waals surface area contributed by atoms with Crippen molar-refractivity contribution in [3.8, 4) is 5.75 Å². The molecule has 2 amide bonds. The van der Waals surface area contributed by atoms with Crippen molar-refractivity contribution in [1.82, 2.24) is 5.01 Å². The van der Waals surface area contributed by atoms with E-state index in [2.05, 4.69) is 36.3 Å². The third-order valence-electron chi connectivity index (χ3n) is 7.16. The minimum atomic E-state index is -0.255. The van der Waals surface area contributed by atoms with Gasteiger partial charge in [-0.2, -0.15) is 10.1 Å². The molecule has 5 nitrogen and oxygen atoms in total. The Bertz CT molecular complexity index is 1310. The van der Waals surface area contributed by atoms with Crippen LogP contribution in [0.4, 0.5) is 0 Å². The van der Waals surface area contributed by atoms with Crippen LogP contribution < -0.4 is 4.74 Å². The first-order valence-electron chi connectivity index (χ1n) is 11.4. The lowest BCUT2D eigenvalue weighted by Crippen LogP contribution is -2.28. The van der Waals surface area contributed by atoms with Crippen LogP contribution in [0.5, 0.6) is 5.75 Å². The van der Waals surface area contributed by atoms with Crippen molar-refractivity contribution >= 4 is 28.8 Å². The van der Waals surface area contributed by atoms with Crippen LogP contribution in [0.3, 0.4) is 0 Å². The Balaban J connectivity index is 1.33. The first-order chi connectivity index (χ1) is 16.1. The Labute approximate surface area is 192 Å². The lowest BCUT2D eigenvalue weighted by molar-refractivity contribution is -0.140. The Morgan fingerprint density at radius 1 is 0.970 bits per heavy atom. The summed E-state index contributed by atoms with van der Waals surface area (Å²) < 4.78 is 6.18. The number of allylic oxidation sites excluding steroid dienone is 2. The number of carbonyl (C=O) groups excluding carboxylic acids is 2. The maximum atomic E-state index is 13.0. The summed E-state index contributed by atoms with van der Waals surface area (Å²) in [6.07, 6.45) is 6.70. The molecule has 2 aliphatic carbocycles. The highest BCUT2D eigenvalue weighted by atomic mass is 16.5. The number of nitrogens with zero attached hydrogens (tertiary/aromatic N) is 2. The molecule has 2 fully saturated rings. The Morgan fingerprint density at radius 2 is 1.73 bits per heavy atom. The number of carbonyl (C=O) groups is 2. The van der Waals surface area contributed by atoms with Crippen molar-refractivity contribution in [3.05, 3.63) is 89.5 Å². The number of fused-ring (bicyclic) bond motifs is 6. The number of imide groups is 1. The Kier molecular flexibility index (Phi) is 4.64. The van der Waals surface area contributed by atoms with E-state index in [1.807, 2.05) is 48.5 Å². The number of aryl methyl sites for hydroxylation is 1. The highest BCUT2D eigenvalue weighted by Crippen LogP contribution is 2.52. The molecular formula is C28H24N2O3. The van der Waals surface area contributed by atoms with Crippen molar-refractivity contribution in [2.75, 3.05) is 0 Å². The van der Waals surface area contributed by atoms with Gasteiger partial charge in [0.05, 0.1) is 18.1 Å². The highest BCUT2D eigenvalue weighted by Gasteiger charge is 2.59. The van der Waals surface area contributed by atoms with E-state index >= 15 is 0 Å². The summed E-state index contributed by atoms with van der Waals surface area (Å²) in [5.74, 6) is 0.134. The van der Waals surface area contributed by atoms with E-state index in [0.717, 1.165) is 33.3 Å². The molecule has 3 aromatic rings. The minimum Gasteiger partial charge on any atom is -0.488 e. The quantitative estimate of drug-likeness (QED) is 0.326. The van der Waals surface area contributed by atoms with Crippen LogP contribution in [0.15, 0.2) is 77.9 Å². The van der Waals surface area contributed by atoms with E-state index in [-0.39, 0.29) is 35.5 Å². The summed E-state index contributed by atoms with van der Waals surface area (Å²) in [6, 6.07) is 20.1. The van der Waals surface area contributed by atoms with Gasteiger partial charge in [0.1, 0.15) is 12.4 Å². The molecule has 4 atom stereocenters. The monoisotopic (exact) mass is 436 g/mol. The Hall–Kier alpha value is -3.73. The van der Waals surface area contributed by atoms with Gasteiger partial charge in [0, 0.05) is 5.56 Å². The first kappa shape index (κ1) is 19.9. The summed E-state index contributed by atoms with van der Waals surface area (Å²) in [7, 11) is 0. The van der Waals surface area contributed by atoms with Gasteiger partial charge in [-0.1, -0.05) is 72.3 Å². The standard InChI is InChI=1S/C28H24N2O3/c1-17-5-4-6-18(13-17)16-33-24-12-11-19-7-2-3-8-22(19)23(24)15-29-30-27(31)25-20-9-10-21(14-20)26(25)28(30)32/h2-13,15,20-21,25-26H,14,16H2,1H3. The third-order valence-corrected chi connectivity index (χ3v) is 7.16. The number of hydrazone groups is 1. The average molecular weight is 437 g/mol. The van der Waals surface area contributed by atoms with Gasteiger partial charge in [0.25, 0.3) is 11.8 Å². The van der Waals surface area contributed by atoms with Gasteiger partial charge in [0.2, 0.25) is 0 Å². The normalized spacial score (nSPS) is 25.5. The SMILES string of the molecule is Cc1cccc(COc2ccc3ccccc3c2C=NN2C(=O)C3C4C=CC(C4)C3C2=O)c1. The molecule has 2 bridgehead atoms. The second kappa shape index (κ2) is 7.69. The average Bonchev–Trinajstić information content (AvgIpc) is 3.51. The van der Waals surface area contributed by atoms with E-state index in [0.29, 0.717) is 12.4 Å². The van der Waals surface area contributed by atoms with Crippen molar-refractivity contribution in [3.63, 3.8) is 0 Å². The highest BCUT2D eigenvalue weighted by molar-refractivity contribution is 6.08. The van der Waals surface area contributed by atoms with E-state index < -0.39 is 0 Å². The zero-order chi connectivity index (χ0) is 22.5. The van der Waals surface area contributed by atoms with Crippen LogP contribution >= 0.6 is 0 Å². The molecule has 3 aliphatic rings. The minimum absolute atomic E-state index is 0.169. The third kappa shape index (κ3) is 3.27. The van der Waals surface area contributed by atoms with Crippen LogP contribution in [0.2, 0.25) is 0 Å². The molecule has 1 saturated heterocycles. The van der Waals surface area contributed by atoms with Crippen molar-refractivity contribution in [2.24, 2.45) is 28.8 Å². The second-order valence-electron chi connectivity index (χ2n) is 9.21. The lowest BCUT2D eigenvalue weighted by Gasteiger charge is -2.14. The van der Waals surface area contributed by atoms with Crippen LogP contribution in [0.25, 0.3) is 10.8 Å². The molecular weight excluding hydrogens is 412 g/mol. The van der Waals surface area contributed by atoms with Gasteiger partial charge in [-0.05, 0) is 47.6 Å². The van der Waals surface area contributed by atoms with Crippen molar-refractivity contribution in [1.29, 1.82) is 0 Å². The number of hydrogen-bond acceptors (Lipinski definition) is 4. The second-order valence-corrected chi connectivity index (χ2v) is 9.21. The van der Waals surface area contributed by atoms with E-state index in [1.54, 1.807) is 6.21 Å². The summed E-state index contributed by atoms with van der Waals surface area (Å²) in [6.45, 7) is 2.47. The molecule has 0 spiro atoms. The van der Waals surface area contributed by atoms with Crippen molar-refractivity contribution in [2.45, 2.75) is 20.0 Å². The van der Waals surface area contributed by atoms with Gasteiger partial charge in [-0.3, -0.25) is 9.59 Å². The molecule has 0 radical (unpaired) electrons. The van der Waals surface area contributed by atoms with Crippen LogP contribution in [-0.4, -0.2) is 23.0 Å². The Morgan fingerprint density at radius 3 is 2.48 bits per heavy atom. The fourth-order valence-corrected chi connectivity index (χ4v) is 5.61. The number of amides is 2. The van der Waals surface area contributed by atoms with Gasteiger partial charge < -0.3 is 4.74 Å². The maximum absolute atomic E-state index is 13.0. The number of rotatable bonds is 5. The fourth-order valence-electron chi connectivity index (χ4n) is 5.61. The molecule has 4 unspecified atom stereocenters. The fraction of sp³-hybridized carbons (Fsp3) is 0.250. The molecule has 1 saturated carbocycles. The summed E-state index contributed by atoms with van der Waals surface area (Å²) in [5, 5.41) is 7.51. The summed E-state index contributed by atoms with van der Waals surface area (Å²) in [5.41, 5.74) is 3.02. The number of hydrogen-bond donors (Lipinski definition) is 0. The van der Waals surface area contributed by atoms with Crippen LogP contribution in [-0.2, 0) is 16.2 Å². The van der Waals surface area contributed by atoms with Gasteiger partial charge in [-0.15, -0.1) is 0 Å². The number of benzene rings is 3. The molecule has 0 N–H and O–H groups in total. The molecule has 1 heterocycles. The zero-order valence-corrected chi connectivity index (χ0v) is 18.3. The van der Waals surface area contributed by atoms with Gasteiger partial charge >= 0.3 is 0 Å². The van der Waals surface area contributed by atoms with Crippen molar-refractivity contribution < 1.29 is 14.3 Å².